The predicted molar refractivity (Wildman–Crippen MR) is 78.3 cm³/mol. The highest BCUT2D eigenvalue weighted by Crippen LogP contribution is 2.42. The highest BCUT2D eigenvalue weighted by molar-refractivity contribution is 4.99. The third-order valence-electron chi connectivity index (χ3n) is 5.70. The lowest BCUT2D eigenvalue weighted by atomic mass is 9.85. The fraction of sp³-hybridized carbons (Fsp3) is 1.00. The van der Waals surface area contributed by atoms with Crippen LogP contribution in [0.25, 0.3) is 0 Å². The molecule has 3 fully saturated rings. The molecule has 0 aromatic heterocycles. The van der Waals surface area contributed by atoms with E-state index >= 15 is 0 Å². The maximum absolute atomic E-state index is 6.04. The van der Waals surface area contributed by atoms with Gasteiger partial charge in [0.1, 0.15) is 0 Å². The van der Waals surface area contributed by atoms with Gasteiger partial charge >= 0.3 is 0 Å². The Hall–Kier alpha value is -0.120. The first kappa shape index (κ1) is 13.8. The van der Waals surface area contributed by atoms with Gasteiger partial charge < -0.3 is 10.1 Å². The lowest BCUT2D eigenvalue weighted by Crippen LogP contribution is -2.58. The van der Waals surface area contributed by atoms with Crippen LogP contribution in [-0.4, -0.2) is 48.8 Å². The molecule has 2 heterocycles. The maximum Gasteiger partial charge on any atom is 0.0759 e. The molecule has 3 heteroatoms. The van der Waals surface area contributed by atoms with Gasteiger partial charge in [0.05, 0.1) is 6.10 Å². The van der Waals surface area contributed by atoms with E-state index in [0.717, 1.165) is 25.0 Å². The van der Waals surface area contributed by atoms with E-state index in [1.54, 1.807) is 0 Å². The minimum absolute atomic E-state index is 0.547. The fourth-order valence-electron chi connectivity index (χ4n) is 4.24. The summed E-state index contributed by atoms with van der Waals surface area (Å²) in [6, 6.07) is 2.09. The molecule has 1 saturated carbocycles. The smallest absolute Gasteiger partial charge is 0.0759 e. The van der Waals surface area contributed by atoms with Gasteiger partial charge in [0, 0.05) is 31.3 Å². The molecule has 3 rings (SSSR count). The Morgan fingerprint density at radius 1 is 1.16 bits per heavy atom. The van der Waals surface area contributed by atoms with E-state index in [-0.39, 0.29) is 0 Å². The molecule has 0 aromatic rings. The highest BCUT2D eigenvalue weighted by Gasteiger charge is 2.46. The SMILES string of the molecule is CCNC1CCN(C2CCOC2C2CC2)C(C)C1C. The number of hydrogen-bond donors (Lipinski definition) is 1. The first-order valence-electron chi connectivity index (χ1n) is 8.33. The number of nitrogens with one attached hydrogen (secondary N) is 1. The van der Waals surface area contributed by atoms with Crippen molar-refractivity contribution in [1.82, 2.24) is 10.2 Å². The standard InChI is InChI=1S/C16H30N2O/c1-4-17-14-7-9-18(12(3)11(14)2)15-8-10-19-16(15)13-5-6-13/h11-17H,4-10H2,1-3H3. The van der Waals surface area contributed by atoms with Crippen LogP contribution in [-0.2, 0) is 4.74 Å². The maximum atomic E-state index is 6.04. The summed E-state index contributed by atoms with van der Waals surface area (Å²) in [5, 5.41) is 3.66. The fourth-order valence-corrected chi connectivity index (χ4v) is 4.24. The third kappa shape index (κ3) is 2.70. The molecule has 0 aromatic carbocycles. The monoisotopic (exact) mass is 266 g/mol. The van der Waals surface area contributed by atoms with Crippen LogP contribution in [0.2, 0.25) is 0 Å². The van der Waals surface area contributed by atoms with E-state index in [9.17, 15) is 0 Å². The van der Waals surface area contributed by atoms with Crippen molar-refractivity contribution in [3.05, 3.63) is 0 Å². The summed E-state index contributed by atoms with van der Waals surface area (Å²) in [7, 11) is 0. The van der Waals surface area contributed by atoms with E-state index in [0.29, 0.717) is 24.2 Å². The van der Waals surface area contributed by atoms with Crippen LogP contribution >= 0.6 is 0 Å². The number of nitrogens with zero attached hydrogens (tertiary/aromatic N) is 1. The van der Waals surface area contributed by atoms with Gasteiger partial charge in [-0.3, -0.25) is 4.90 Å². The van der Waals surface area contributed by atoms with Gasteiger partial charge in [-0.1, -0.05) is 13.8 Å². The van der Waals surface area contributed by atoms with Crippen molar-refractivity contribution in [2.24, 2.45) is 11.8 Å². The lowest BCUT2D eigenvalue weighted by Gasteiger charge is -2.46. The second kappa shape index (κ2) is 5.71. The molecular formula is C16H30N2O. The van der Waals surface area contributed by atoms with E-state index in [1.165, 1.54) is 32.2 Å². The van der Waals surface area contributed by atoms with Crippen LogP contribution in [0.4, 0.5) is 0 Å². The topological polar surface area (TPSA) is 24.5 Å². The Morgan fingerprint density at radius 2 is 1.95 bits per heavy atom. The Balaban J connectivity index is 1.65. The van der Waals surface area contributed by atoms with Crippen molar-refractivity contribution in [1.29, 1.82) is 0 Å². The molecular weight excluding hydrogens is 236 g/mol. The van der Waals surface area contributed by atoms with Gasteiger partial charge in [-0.2, -0.15) is 0 Å². The molecule has 0 radical (unpaired) electrons. The summed E-state index contributed by atoms with van der Waals surface area (Å²) in [6.45, 7) is 10.4. The van der Waals surface area contributed by atoms with Crippen molar-refractivity contribution in [2.75, 3.05) is 19.7 Å². The van der Waals surface area contributed by atoms with Crippen molar-refractivity contribution >= 4 is 0 Å². The van der Waals surface area contributed by atoms with E-state index < -0.39 is 0 Å². The average molecular weight is 266 g/mol. The van der Waals surface area contributed by atoms with Gasteiger partial charge in [-0.15, -0.1) is 0 Å². The van der Waals surface area contributed by atoms with Crippen LogP contribution in [0.5, 0.6) is 0 Å². The Morgan fingerprint density at radius 3 is 2.63 bits per heavy atom. The Labute approximate surface area is 118 Å². The summed E-state index contributed by atoms with van der Waals surface area (Å²) in [5.74, 6) is 1.62. The molecule has 2 aliphatic heterocycles. The van der Waals surface area contributed by atoms with Gasteiger partial charge in [0.2, 0.25) is 0 Å². The minimum atomic E-state index is 0.547. The van der Waals surface area contributed by atoms with Crippen molar-refractivity contribution in [2.45, 2.75) is 70.7 Å². The van der Waals surface area contributed by atoms with E-state index in [4.69, 9.17) is 4.74 Å². The second-order valence-electron chi connectivity index (χ2n) is 6.82. The third-order valence-corrected chi connectivity index (χ3v) is 5.70. The van der Waals surface area contributed by atoms with Crippen molar-refractivity contribution in [3.8, 4) is 0 Å². The molecule has 110 valence electrons. The predicted octanol–water partition coefficient (Wildman–Crippen LogP) is 2.26. The molecule has 1 N–H and O–H groups in total. The summed E-state index contributed by atoms with van der Waals surface area (Å²) < 4.78 is 6.04. The molecule has 19 heavy (non-hydrogen) atoms. The number of hydrogen-bond acceptors (Lipinski definition) is 3. The van der Waals surface area contributed by atoms with E-state index in [1.807, 2.05) is 0 Å². The zero-order chi connectivity index (χ0) is 13.4. The molecule has 0 spiro atoms. The van der Waals surface area contributed by atoms with Crippen LogP contribution in [0, 0.1) is 11.8 Å². The molecule has 2 saturated heterocycles. The summed E-state index contributed by atoms with van der Waals surface area (Å²) in [5.41, 5.74) is 0. The molecule has 0 amide bonds. The van der Waals surface area contributed by atoms with E-state index in [2.05, 4.69) is 31.0 Å². The van der Waals surface area contributed by atoms with Gasteiger partial charge in [-0.05, 0) is 51.0 Å². The lowest BCUT2D eigenvalue weighted by molar-refractivity contribution is -0.00278. The number of rotatable bonds is 4. The van der Waals surface area contributed by atoms with Gasteiger partial charge in [-0.25, -0.2) is 0 Å². The molecule has 3 aliphatic rings. The molecule has 1 aliphatic carbocycles. The minimum Gasteiger partial charge on any atom is -0.376 e. The average Bonchev–Trinajstić information content (AvgIpc) is 3.14. The van der Waals surface area contributed by atoms with Crippen LogP contribution < -0.4 is 5.32 Å². The quantitative estimate of drug-likeness (QED) is 0.845. The first-order valence-corrected chi connectivity index (χ1v) is 8.33. The second-order valence-corrected chi connectivity index (χ2v) is 6.82. The largest absolute Gasteiger partial charge is 0.376 e. The van der Waals surface area contributed by atoms with Crippen molar-refractivity contribution < 1.29 is 4.74 Å². The molecule has 0 bridgehead atoms. The molecule has 5 unspecified atom stereocenters. The Bertz CT molecular complexity index is 305. The summed E-state index contributed by atoms with van der Waals surface area (Å²) in [4.78, 5) is 2.77. The highest BCUT2D eigenvalue weighted by atomic mass is 16.5. The van der Waals surface area contributed by atoms with Gasteiger partial charge in [0.25, 0.3) is 0 Å². The summed E-state index contributed by atoms with van der Waals surface area (Å²) in [6.07, 6.45) is 5.90. The van der Waals surface area contributed by atoms with Crippen molar-refractivity contribution in [3.63, 3.8) is 0 Å². The first-order chi connectivity index (χ1) is 9.22. The molecule has 5 atom stereocenters. The van der Waals surface area contributed by atoms with Crippen LogP contribution in [0.15, 0.2) is 0 Å². The van der Waals surface area contributed by atoms with Crippen LogP contribution in [0.1, 0.15) is 46.5 Å². The Kier molecular flexibility index (Phi) is 4.16. The molecule has 3 nitrogen and oxygen atoms in total. The zero-order valence-corrected chi connectivity index (χ0v) is 12.8. The number of piperidine rings is 1. The summed E-state index contributed by atoms with van der Waals surface area (Å²) >= 11 is 0. The van der Waals surface area contributed by atoms with Crippen LogP contribution in [0.3, 0.4) is 0 Å². The normalized spacial score (nSPS) is 44.7. The number of ether oxygens (including phenoxy) is 1. The number of likely N-dealkylation sites (tertiary alicyclic amines) is 1. The zero-order valence-electron chi connectivity index (χ0n) is 12.8. The van der Waals surface area contributed by atoms with Gasteiger partial charge in [0.15, 0.2) is 0 Å².